The molecule has 0 saturated carbocycles. The molecule has 6 heteroatoms. The van der Waals surface area contributed by atoms with Crippen LogP contribution in [0.3, 0.4) is 0 Å². The molecule has 0 atom stereocenters. The topological polar surface area (TPSA) is 70.7 Å². The van der Waals surface area contributed by atoms with Crippen molar-refractivity contribution in [3.05, 3.63) is 30.3 Å². The lowest BCUT2D eigenvalue weighted by atomic mass is 9.97. The van der Waals surface area contributed by atoms with Gasteiger partial charge in [-0.05, 0) is 44.7 Å². The van der Waals surface area contributed by atoms with Crippen molar-refractivity contribution in [1.29, 1.82) is 0 Å². The number of urea groups is 1. The lowest BCUT2D eigenvalue weighted by Crippen LogP contribution is -2.45. The Morgan fingerprint density at radius 1 is 1.21 bits per heavy atom. The van der Waals surface area contributed by atoms with Crippen LogP contribution in [-0.4, -0.2) is 49.1 Å². The van der Waals surface area contributed by atoms with E-state index < -0.39 is 0 Å². The minimum atomic E-state index is -0.125. The van der Waals surface area contributed by atoms with Gasteiger partial charge in [0, 0.05) is 25.7 Å². The van der Waals surface area contributed by atoms with Gasteiger partial charge in [-0.25, -0.2) is 4.79 Å². The summed E-state index contributed by atoms with van der Waals surface area (Å²) in [5, 5.41) is 5.71. The quantitative estimate of drug-likeness (QED) is 0.836. The molecule has 0 spiro atoms. The van der Waals surface area contributed by atoms with Gasteiger partial charge in [0.15, 0.2) is 6.61 Å². The molecular weight excluding hydrogens is 306 g/mol. The number of nitrogens with zero attached hydrogens (tertiary/aromatic N) is 1. The van der Waals surface area contributed by atoms with Crippen molar-refractivity contribution in [3.63, 3.8) is 0 Å². The van der Waals surface area contributed by atoms with E-state index in [1.165, 1.54) is 0 Å². The fraction of sp³-hybridized carbons (Fsp3) is 0.556. The summed E-state index contributed by atoms with van der Waals surface area (Å²) in [5.74, 6) is 1.14. The lowest BCUT2D eigenvalue weighted by Gasteiger charge is -2.32. The van der Waals surface area contributed by atoms with Crippen LogP contribution in [0.1, 0.15) is 26.7 Å². The maximum atomic E-state index is 12.2. The fourth-order valence-electron chi connectivity index (χ4n) is 2.69. The highest BCUT2D eigenvalue weighted by atomic mass is 16.5. The maximum absolute atomic E-state index is 12.2. The zero-order chi connectivity index (χ0) is 17.4. The average Bonchev–Trinajstić information content (AvgIpc) is 2.58. The number of rotatable bonds is 6. The van der Waals surface area contributed by atoms with Crippen LogP contribution in [0.2, 0.25) is 0 Å². The molecule has 1 aliphatic rings. The summed E-state index contributed by atoms with van der Waals surface area (Å²) in [6.07, 6.45) is 1.80. The third-order valence-electron chi connectivity index (χ3n) is 4.04. The second kappa shape index (κ2) is 9.15. The van der Waals surface area contributed by atoms with Gasteiger partial charge >= 0.3 is 6.03 Å². The first kappa shape index (κ1) is 18.1. The van der Waals surface area contributed by atoms with E-state index in [1.807, 2.05) is 49.1 Å². The molecule has 1 heterocycles. The first-order valence-electron chi connectivity index (χ1n) is 8.54. The number of hydrogen-bond acceptors (Lipinski definition) is 3. The number of para-hydroxylation sites is 1. The van der Waals surface area contributed by atoms with E-state index in [1.54, 1.807) is 0 Å². The molecule has 0 aromatic heterocycles. The summed E-state index contributed by atoms with van der Waals surface area (Å²) in [6.45, 7) is 6.03. The van der Waals surface area contributed by atoms with Crippen molar-refractivity contribution in [2.75, 3.05) is 26.2 Å². The second-order valence-corrected chi connectivity index (χ2v) is 6.43. The number of carbonyl (C=O) groups is 2. The van der Waals surface area contributed by atoms with Gasteiger partial charge in [-0.2, -0.15) is 0 Å². The number of benzene rings is 1. The molecule has 0 bridgehead atoms. The van der Waals surface area contributed by atoms with Crippen LogP contribution in [0.5, 0.6) is 5.75 Å². The highest BCUT2D eigenvalue weighted by Crippen LogP contribution is 2.17. The molecule has 1 aromatic carbocycles. The van der Waals surface area contributed by atoms with Gasteiger partial charge in [0.25, 0.3) is 5.91 Å². The van der Waals surface area contributed by atoms with Gasteiger partial charge in [-0.15, -0.1) is 0 Å². The number of likely N-dealkylation sites (tertiary alicyclic amines) is 1. The summed E-state index contributed by atoms with van der Waals surface area (Å²) in [6, 6.07) is 9.37. The largest absolute Gasteiger partial charge is 0.484 e. The van der Waals surface area contributed by atoms with E-state index in [0.29, 0.717) is 18.2 Å². The number of carbonyl (C=O) groups excluding carboxylic acids is 2. The monoisotopic (exact) mass is 333 g/mol. The van der Waals surface area contributed by atoms with Gasteiger partial charge in [0.05, 0.1) is 0 Å². The summed E-state index contributed by atoms with van der Waals surface area (Å²) in [7, 11) is 0. The van der Waals surface area contributed by atoms with E-state index >= 15 is 0 Å². The van der Waals surface area contributed by atoms with Crippen molar-refractivity contribution >= 4 is 11.9 Å². The van der Waals surface area contributed by atoms with Crippen LogP contribution in [0.15, 0.2) is 30.3 Å². The highest BCUT2D eigenvalue weighted by Gasteiger charge is 2.23. The summed E-state index contributed by atoms with van der Waals surface area (Å²) >= 11 is 0. The molecule has 6 nitrogen and oxygen atoms in total. The molecular formula is C18H27N3O3. The summed E-state index contributed by atoms with van der Waals surface area (Å²) < 4.78 is 5.51. The van der Waals surface area contributed by atoms with E-state index in [-0.39, 0.29) is 24.6 Å². The minimum Gasteiger partial charge on any atom is -0.484 e. The molecule has 1 aromatic rings. The summed E-state index contributed by atoms with van der Waals surface area (Å²) in [4.78, 5) is 25.6. The fourth-order valence-corrected chi connectivity index (χ4v) is 2.69. The Morgan fingerprint density at radius 2 is 1.88 bits per heavy atom. The van der Waals surface area contributed by atoms with E-state index in [9.17, 15) is 9.59 Å². The third-order valence-corrected chi connectivity index (χ3v) is 4.04. The van der Waals surface area contributed by atoms with Gasteiger partial charge in [-0.1, -0.05) is 18.2 Å². The Kier molecular flexibility index (Phi) is 6.90. The van der Waals surface area contributed by atoms with Crippen LogP contribution in [-0.2, 0) is 4.79 Å². The molecule has 24 heavy (non-hydrogen) atoms. The van der Waals surface area contributed by atoms with E-state index in [2.05, 4.69) is 10.6 Å². The number of piperidine rings is 1. The molecule has 0 aliphatic carbocycles. The van der Waals surface area contributed by atoms with Gasteiger partial charge in [0.2, 0.25) is 0 Å². The average molecular weight is 333 g/mol. The molecule has 1 saturated heterocycles. The molecule has 1 fully saturated rings. The Balaban J connectivity index is 1.65. The van der Waals surface area contributed by atoms with Crippen molar-refractivity contribution in [1.82, 2.24) is 15.5 Å². The van der Waals surface area contributed by atoms with Gasteiger partial charge in [-0.3, -0.25) is 4.79 Å². The van der Waals surface area contributed by atoms with Crippen LogP contribution >= 0.6 is 0 Å². The molecule has 3 amide bonds. The SMILES string of the molecule is CC(C)NC(=O)NCC1CCN(C(=O)COc2ccccc2)CC1. The molecule has 2 rings (SSSR count). The third kappa shape index (κ3) is 6.10. The smallest absolute Gasteiger partial charge is 0.314 e. The lowest BCUT2D eigenvalue weighted by molar-refractivity contribution is -0.134. The zero-order valence-electron chi connectivity index (χ0n) is 14.5. The molecule has 1 aliphatic heterocycles. The van der Waals surface area contributed by atoms with Crippen LogP contribution in [0.4, 0.5) is 4.79 Å². The number of ether oxygens (including phenoxy) is 1. The Morgan fingerprint density at radius 3 is 2.50 bits per heavy atom. The maximum Gasteiger partial charge on any atom is 0.314 e. The minimum absolute atomic E-state index is 0.0165. The highest BCUT2D eigenvalue weighted by molar-refractivity contribution is 5.77. The van der Waals surface area contributed by atoms with Gasteiger partial charge < -0.3 is 20.3 Å². The molecule has 0 radical (unpaired) electrons. The molecule has 0 unspecified atom stereocenters. The Hall–Kier alpha value is -2.24. The van der Waals surface area contributed by atoms with E-state index in [0.717, 1.165) is 25.9 Å². The standard InChI is InChI=1S/C18H27N3O3/c1-14(2)20-18(23)19-12-15-8-10-21(11-9-15)17(22)13-24-16-6-4-3-5-7-16/h3-7,14-15H,8-13H2,1-2H3,(H2,19,20,23). The number of amides is 3. The van der Waals surface area contributed by atoms with Crippen molar-refractivity contribution < 1.29 is 14.3 Å². The van der Waals surface area contributed by atoms with Gasteiger partial charge in [0.1, 0.15) is 5.75 Å². The second-order valence-electron chi connectivity index (χ2n) is 6.43. The van der Waals surface area contributed by atoms with Crippen molar-refractivity contribution in [3.8, 4) is 5.75 Å². The van der Waals surface area contributed by atoms with Crippen molar-refractivity contribution in [2.24, 2.45) is 5.92 Å². The molecule has 2 N–H and O–H groups in total. The molecule has 132 valence electrons. The van der Waals surface area contributed by atoms with Crippen LogP contribution in [0, 0.1) is 5.92 Å². The van der Waals surface area contributed by atoms with Crippen molar-refractivity contribution in [2.45, 2.75) is 32.7 Å². The summed E-state index contributed by atoms with van der Waals surface area (Å²) in [5.41, 5.74) is 0. The zero-order valence-corrected chi connectivity index (χ0v) is 14.5. The Bertz CT molecular complexity index is 526. The number of nitrogens with one attached hydrogen (secondary N) is 2. The first-order valence-corrected chi connectivity index (χ1v) is 8.54. The number of hydrogen-bond donors (Lipinski definition) is 2. The first-order chi connectivity index (χ1) is 11.5. The normalized spacial score (nSPS) is 15.2. The van der Waals surface area contributed by atoms with Crippen LogP contribution < -0.4 is 15.4 Å². The Labute approximate surface area is 143 Å². The predicted molar refractivity (Wildman–Crippen MR) is 92.9 cm³/mol. The predicted octanol–water partition coefficient (Wildman–Crippen LogP) is 2.01. The van der Waals surface area contributed by atoms with Crippen LogP contribution in [0.25, 0.3) is 0 Å². The van der Waals surface area contributed by atoms with E-state index in [4.69, 9.17) is 4.74 Å².